The standard InChI is InChI=1S/C5H7N3O/c1-2-7-8-4-3-6-5(8)9/h2-4H,1H3,(H,6,9). The summed E-state index contributed by atoms with van der Waals surface area (Å²) in [7, 11) is 0. The fraction of sp³-hybridized carbons (Fsp3) is 0.200. The molecule has 0 fully saturated rings. The van der Waals surface area contributed by atoms with Gasteiger partial charge >= 0.3 is 5.69 Å². The summed E-state index contributed by atoms with van der Waals surface area (Å²) in [4.78, 5) is 13.0. The average Bonchev–Trinajstić information content (AvgIpc) is 2.18. The summed E-state index contributed by atoms with van der Waals surface area (Å²) in [5, 5.41) is 3.71. The second-order valence-corrected chi connectivity index (χ2v) is 1.48. The first kappa shape index (κ1) is 5.81. The molecule has 48 valence electrons. The summed E-state index contributed by atoms with van der Waals surface area (Å²) < 4.78 is 1.22. The lowest BCUT2D eigenvalue weighted by Crippen LogP contribution is -2.11. The van der Waals surface area contributed by atoms with Crippen molar-refractivity contribution in [1.29, 1.82) is 0 Å². The van der Waals surface area contributed by atoms with Gasteiger partial charge in [-0.05, 0) is 6.92 Å². The topological polar surface area (TPSA) is 50.1 Å². The highest BCUT2D eigenvalue weighted by molar-refractivity contribution is 5.52. The van der Waals surface area contributed by atoms with E-state index in [9.17, 15) is 4.79 Å². The van der Waals surface area contributed by atoms with E-state index in [1.165, 1.54) is 10.9 Å². The number of nitrogens with zero attached hydrogens (tertiary/aromatic N) is 2. The van der Waals surface area contributed by atoms with Gasteiger partial charge in [-0.25, -0.2) is 4.79 Å². The first-order chi connectivity index (χ1) is 4.34. The summed E-state index contributed by atoms with van der Waals surface area (Å²) >= 11 is 0. The van der Waals surface area contributed by atoms with Crippen molar-refractivity contribution in [2.45, 2.75) is 6.92 Å². The maximum Gasteiger partial charge on any atom is 0.346 e. The van der Waals surface area contributed by atoms with Gasteiger partial charge in [0.05, 0.1) is 6.20 Å². The van der Waals surface area contributed by atoms with Gasteiger partial charge in [0.2, 0.25) is 0 Å². The Morgan fingerprint density at radius 3 is 3.11 bits per heavy atom. The average molecular weight is 125 g/mol. The summed E-state index contributed by atoms with van der Waals surface area (Å²) in [6.07, 6.45) is 4.65. The first-order valence-corrected chi connectivity index (χ1v) is 2.59. The van der Waals surface area contributed by atoms with Gasteiger partial charge in [-0.1, -0.05) is 0 Å². The van der Waals surface area contributed by atoms with E-state index in [4.69, 9.17) is 0 Å². The van der Waals surface area contributed by atoms with Gasteiger partial charge in [0, 0.05) is 12.4 Å². The van der Waals surface area contributed by atoms with Crippen LogP contribution in [0.3, 0.4) is 0 Å². The fourth-order valence-corrected chi connectivity index (χ4v) is 0.528. The molecule has 0 amide bonds. The molecule has 1 aromatic rings. The molecule has 1 N–H and O–H groups in total. The van der Waals surface area contributed by atoms with E-state index in [0.29, 0.717) is 0 Å². The molecule has 0 aliphatic rings. The Bertz CT molecular complexity index is 257. The lowest BCUT2D eigenvalue weighted by atomic mass is 10.9. The van der Waals surface area contributed by atoms with E-state index in [-0.39, 0.29) is 5.69 Å². The Balaban J connectivity index is 3.08. The van der Waals surface area contributed by atoms with Crippen LogP contribution in [0.2, 0.25) is 0 Å². The smallest absolute Gasteiger partial charge is 0.311 e. The van der Waals surface area contributed by atoms with Crippen LogP contribution in [0.1, 0.15) is 6.92 Å². The van der Waals surface area contributed by atoms with Crippen molar-refractivity contribution in [2.75, 3.05) is 0 Å². The molecule has 0 aliphatic heterocycles. The van der Waals surface area contributed by atoms with Crippen LogP contribution < -0.4 is 5.69 Å². The lowest BCUT2D eigenvalue weighted by Gasteiger charge is -1.82. The maximum absolute atomic E-state index is 10.6. The highest BCUT2D eigenvalue weighted by Crippen LogP contribution is 1.73. The van der Waals surface area contributed by atoms with Gasteiger partial charge in [-0.2, -0.15) is 9.78 Å². The Hall–Kier alpha value is -1.32. The normalized spacial score (nSPS) is 10.8. The minimum Gasteiger partial charge on any atom is -0.311 e. The van der Waals surface area contributed by atoms with Crippen molar-refractivity contribution in [3.05, 3.63) is 22.9 Å². The zero-order chi connectivity index (χ0) is 6.69. The Morgan fingerprint density at radius 2 is 2.67 bits per heavy atom. The third-order valence-electron chi connectivity index (χ3n) is 0.870. The highest BCUT2D eigenvalue weighted by Gasteiger charge is 1.86. The van der Waals surface area contributed by atoms with Crippen molar-refractivity contribution in [2.24, 2.45) is 5.10 Å². The number of nitrogens with one attached hydrogen (secondary N) is 1. The quantitative estimate of drug-likeness (QED) is 0.529. The van der Waals surface area contributed by atoms with Crippen LogP contribution in [-0.4, -0.2) is 15.9 Å². The molecule has 0 spiro atoms. The number of imidazole rings is 1. The minimum atomic E-state index is -0.215. The third-order valence-corrected chi connectivity index (χ3v) is 0.870. The Kier molecular flexibility index (Phi) is 1.48. The van der Waals surface area contributed by atoms with Gasteiger partial charge < -0.3 is 4.98 Å². The molecule has 0 saturated heterocycles. The number of hydrogen-bond donors (Lipinski definition) is 1. The predicted molar refractivity (Wildman–Crippen MR) is 34.6 cm³/mol. The van der Waals surface area contributed by atoms with E-state index in [0.717, 1.165) is 0 Å². The van der Waals surface area contributed by atoms with Crippen LogP contribution >= 0.6 is 0 Å². The van der Waals surface area contributed by atoms with Gasteiger partial charge in [-0.15, -0.1) is 0 Å². The molecule has 9 heavy (non-hydrogen) atoms. The van der Waals surface area contributed by atoms with E-state index in [1.807, 2.05) is 0 Å². The van der Waals surface area contributed by atoms with Crippen molar-refractivity contribution in [3.8, 4) is 0 Å². The lowest BCUT2D eigenvalue weighted by molar-refractivity contribution is 0.834. The molecular formula is C5H7N3O. The molecular weight excluding hydrogens is 118 g/mol. The molecule has 0 atom stereocenters. The second kappa shape index (κ2) is 2.30. The van der Waals surface area contributed by atoms with Gasteiger partial charge in [-0.3, -0.25) is 0 Å². The van der Waals surface area contributed by atoms with Gasteiger partial charge in [0.1, 0.15) is 0 Å². The molecule has 0 unspecified atom stereocenters. The van der Waals surface area contributed by atoms with Crippen LogP contribution in [0.25, 0.3) is 0 Å². The molecule has 0 bridgehead atoms. The van der Waals surface area contributed by atoms with Crippen LogP contribution in [0.15, 0.2) is 22.3 Å². The Morgan fingerprint density at radius 1 is 1.89 bits per heavy atom. The van der Waals surface area contributed by atoms with Crippen LogP contribution in [-0.2, 0) is 0 Å². The largest absolute Gasteiger partial charge is 0.346 e. The summed E-state index contributed by atoms with van der Waals surface area (Å²) in [5.41, 5.74) is -0.215. The molecule has 4 heteroatoms. The monoisotopic (exact) mass is 125 g/mol. The minimum absolute atomic E-state index is 0.215. The fourth-order valence-electron chi connectivity index (χ4n) is 0.528. The summed E-state index contributed by atoms with van der Waals surface area (Å²) in [6, 6.07) is 0. The number of hydrogen-bond acceptors (Lipinski definition) is 2. The molecule has 0 aliphatic carbocycles. The van der Waals surface area contributed by atoms with Crippen molar-refractivity contribution in [1.82, 2.24) is 9.66 Å². The van der Waals surface area contributed by atoms with Gasteiger partial charge in [0.15, 0.2) is 0 Å². The van der Waals surface area contributed by atoms with E-state index in [2.05, 4.69) is 10.1 Å². The number of aromatic amines is 1. The summed E-state index contributed by atoms with van der Waals surface area (Å²) in [6.45, 7) is 1.75. The molecule has 0 radical (unpaired) electrons. The number of aromatic nitrogens is 2. The molecule has 1 heterocycles. The zero-order valence-corrected chi connectivity index (χ0v) is 5.03. The molecule has 0 aromatic carbocycles. The molecule has 1 rings (SSSR count). The van der Waals surface area contributed by atoms with Gasteiger partial charge in [0.25, 0.3) is 0 Å². The highest BCUT2D eigenvalue weighted by atomic mass is 16.1. The SMILES string of the molecule is CC=Nn1cc[nH]c1=O. The molecule has 0 saturated carbocycles. The number of H-pyrrole nitrogens is 1. The first-order valence-electron chi connectivity index (χ1n) is 2.59. The molecule has 1 aromatic heterocycles. The van der Waals surface area contributed by atoms with Crippen molar-refractivity contribution < 1.29 is 0 Å². The van der Waals surface area contributed by atoms with Crippen LogP contribution in [0, 0.1) is 0 Å². The number of rotatable bonds is 1. The molecule has 4 nitrogen and oxygen atoms in total. The predicted octanol–water partition coefficient (Wildman–Crippen LogP) is 0.0302. The van der Waals surface area contributed by atoms with Crippen molar-refractivity contribution >= 4 is 6.21 Å². The maximum atomic E-state index is 10.6. The van der Waals surface area contributed by atoms with Crippen LogP contribution in [0.5, 0.6) is 0 Å². The van der Waals surface area contributed by atoms with Crippen LogP contribution in [0.4, 0.5) is 0 Å². The summed E-state index contributed by atoms with van der Waals surface area (Å²) in [5.74, 6) is 0. The Labute approximate surface area is 51.8 Å². The zero-order valence-electron chi connectivity index (χ0n) is 5.03. The second-order valence-electron chi connectivity index (χ2n) is 1.48. The van der Waals surface area contributed by atoms with E-state index >= 15 is 0 Å². The van der Waals surface area contributed by atoms with E-state index < -0.39 is 0 Å². The van der Waals surface area contributed by atoms with E-state index in [1.54, 1.807) is 19.3 Å². The third kappa shape index (κ3) is 1.07. The van der Waals surface area contributed by atoms with Crippen molar-refractivity contribution in [3.63, 3.8) is 0 Å².